The number of thiazole rings is 1. The Labute approximate surface area is 162 Å². The molecule has 2 aromatic rings. The molecule has 2 aliphatic heterocycles. The lowest BCUT2D eigenvalue weighted by Gasteiger charge is -2.30. The first-order chi connectivity index (χ1) is 13.1. The Morgan fingerprint density at radius 3 is 2.85 bits per heavy atom. The Morgan fingerprint density at radius 2 is 2.15 bits per heavy atom. The number of nitrogens with one attached hydrogen (secondary N) is 1. The molecular formula is C19H24N4O3S. The van der Waals surface area contributed by atoms with E-state index in [-0.39, 0.29) is 17.7 Å². The van der Waals surface area contributed by atoms with Crippen LogP contribution in [0, 0.1) is 5.92 Å². The summed E-state index contributed by atoms with van der Waals surface area (Å²) in [4.78, 5) is 35.0. The highest BCUT2D eigenvalue weighted by Gasteiger charge is 2.29. The summed E-state index contributed by atoms with van der Waals surface area (Å²) < 4.78 is 5.18. The summed E-state index contributed by atoms with van der Waals surface area (Å²) in [5.74, 6) is 0.177. The normalized spacial score (nSPS) is 18.3. The zero-order valence-electron chi connectivity index (χ0n) is 15.4. The molecule has 0 saturated carbocycles. The second kappa shape index (κ2) is 7.82. The molecule has 8 heteroatoms. The average molecular weight is 388 g/mol. The predicted molar refractivity (Wildman–Crippen MR) is 103 cm³/mol. The zero-order valence-corrected chi connectivity index (χ0v) is 16.3. The number of hydrogen-bond acceptors (Lipinski definition) is 6. The second-order valence-corrected chi connectivity index (χ2v) is 8.12. The van der Waals surface area contributed by atoms with E-state index >= 15 is 0 Å². The van der Waals surface area contributed by atoms with Gasteiger partial charge in [0.2, 0.25) is 5.91 Å². The topological polar surface area (TPSA) is 78.7 Å². The molecule has 2 amide bonds. The van der Waals surface area contributed by atoms with Gasteiger partial charge in [-0.05, 0) is 31.5 Å². The molecule has 4 rings (SSSR count). The Morgan fingerprint density at radius 1 is 1.33 bits per heavy atom. The van der Waals surface area contributed by atoms with Gasteiger partial charge in [0.1, 0.15) is 0 Å². The van der Waals surface area contributed by atoms with Gasteiger partial charge in [0.25, 0.3) is 5.91 Å². The molecule has 1 saturated heterocycles. The fourth-order valence-corrected chi connectivity index (χ4v) is 4.73. The third kappa shape index (κ3) is 3.91. The molecule has 0 bridgehead atoms. The highest BCUT2D eigenvalue weighted by atomic mass is 32.1. The van der Waals surface area contributed by atoms with Gasteiger partial charge in [0, 0.05) is 43.4 Å². The first-order valence-electron chi connectivity index (χ1n) is 9.48. The van der Waals surface area contributed by atoms with Gasteiger partial charge in [0.05, 0.1) is 12.0 Å². The number of anilines is 1. The van der Waals surface area contributed by atoms with Crippen molar-refractivity contribution in [3.63, 3.8) is 0 Å². The molecule has 1 fully saturated rings. The van der Waals surface area contributed by atoms with Gasteiger partial charge in [-0.3, -0.25) is 14.5 Å². The van der Waals surface area contributed by atoms with Crippen molar-refractivity contribution in [1.29, 1.82) is 0 Å². The molecule has 2 aromatic heterocycles. The van der Waals surface area contributed by atoms with Crippen molar-refractivity contribution in [1.82, 2.24) is 14.8 Å². The van der Waals surface area contributed by atoms with Crippen LogP contribution in [0.25, 0.3) is 0 Å². The lowest BCUT2D eigenvalue weighted by molar-refractivity contribution is -0.121. The molecule has 0 radical (unpaired) electrons. The van der Waals surface area contributed by atoms with E-state index in [4.69, 9.17) is 4.42 Å². The van der Waals surface area contributed by atoms with Crippen molar-refractivity contribution in [2.75, 3.05) is 31.5 Å². The van der Waals surface area contributed by atoms with Crippen LogP contribution in [0.15, 0.2) is 22.8 Å². The second-order valence-electron chi connectivity index (χ2n) is 7.04. The summed E-state index contributed by atoms with van der Waals surface area (Å²) in [6.45, 7) is 6.29. The van der Waals surface area contributed by atoms with Crippen molar-refractivity contribution in [2.24, 2.45) is 5.92 Å². The van der Waals surface area contributed by atoms with Crippen LogP contribution in [0.1, 0.15) is 40.9 Å². The summed E-state index contributed by atoms with van der Waals surface area (Å²) in [7, 11) is 0. The standard InChI is InChI=1S/C19H24N4O3S/c1-2-22-8-7-14-16(12-22)27-19(20-14)21-17(24)13-5-9-23(10-6-13)18(25)15-4-3-11-26-15/h3-4,11,13H,2,5-10,12H2,1H3,(H,20,21,24). The summed E-state index contributed by atoms with van der Waals surface area (Å²) in [6.07, 6.45) is 3.77. The monoisotopic (exact) mass is 388 g/mol. The van der Waals surface area contributed by atoms with Crippen molar-refractivity contribution in [2.45, 2.75) is 32.7 Å². The highest BCUT2D eigenvalue weighted by Crippen LogP contribution is 2.29. The quantitative estimate of drug-likeness (QED) is 0.871. The number of furan rings is 1. The van der Waals surface area contributed by atoms with Gasteiger partial charge < -0.3 is 14.6 Å². The number of nitrogens with zero attached hydrogens (tertiary/aromatic N) is 3. The van der Waals surface area contributed by atoms with Crippen molar-refractivity contribution in [3.8, 4) is 0 Å². The number of carbonyl (C=O) groups excluding carboxylic acids is 2. The Bertz CT molecular complexity index is 809. The number of likely N-dealkylation sites (N-methyl/N-ethyl adjacent to an activating group) is 1. The fourth-order valence-electron chi connectivity index (χ4n) is 3.68. The van der Waals surface area contributed by atoms with E-state index < -0.39 is 0 Å². The average Bonchev–Trinajstić information content (AvgIpc) is 3.36. The minimum Gasteiger partial charge on any atom is -0.459 e. The van der Waals surface area contributed by atoms with Crippen molar-refractivity contribution >= 4 is 28.3 Å². The van der Waals surface area contributed by atoms with Gasteiger partial charge in [0.15, 0.2) is 10.9 Å². The highest BCUT2D eigenvalue weighted by molar-refractivity contribution is 7.15. The predicted octanol–water partition coefficient (Wildman–Crippen LogP) is 2.61. The number of rotatable bonds is 4. The maximum Gasteiger partial charge on any atom is 0.289 e. The van der Waals surface area contributed by atoms with Gasteiger partial charge >= 0.3 is 0 Å². The van der Waals surface area contributed by atoms with E-state index in [9.17, 15) is 9.59 Å². The van der Waals surface area contributed by atoms with Crippen LogP contribution in [0.5, 0.6) is 0 Å². The number of amides is 2. The maximum absolute atomic E-state index is 12.6. The fraction of sp³-hybridized carbons (Fsp3) is 0.526. The minimum atomic E-state index is -0.105. The van der Waals surface area contributed by atoms with E-state index in [1.165, 1.54) is 11.1 Å². The number of fused-ring (bicyclic) bond motifs is 1. The Kier molecular flexibility index (Phi) is 5.27. The van der Waals surface area contributed by atoms with Crippen molar-refractivity contribution < 1.29 is 14.0 Å². The molecule has 2 aliphatic rings. The van der Waals surface area contributed by atoms with Crippen LogP contribution in [-0.4, -0.2) is 52.8 Å². The SMILES string of the molecule is CCN1CCc2nc(NC(=O)C3CCN(C(=O)c4ccco4)CC3)sc2C1. The van der Waals surface area contributed by atoms with Crippen LogP contribution in [-0.2, 0) is 17.8 Å². The van der Waals surface area contributed by atoms with E-state index in [0.717, 1.165) is 31.7 Å². The van der Waals surface area contributed by atoms with E-state index in [1.54, 1.807) is 28.4 Å². The van der Waals surface area contributed by atoms with Crippen LogP contribution >= 0.6 is 11.3 Å². The lowest BCUT2D eigenvalue weighted by atomic mass is 9.96. The van der Waals surface area contributed by atoms with E-state index in [0.29, 0.717) is 36.8 Å². The number of likely N-dealkylation sites (tertiary alicyclic amines) is 1. The van der Waals surface area contributed by atoms with Crippen LogP contribution < -0.4 is 5.32 Å². The molecule has 27 heavy (non-hydrogen) atoms. The molecule has 144 valence electrons. The van der Waals surface area contributed by atoms with Crippen LogP contribution in [0.2, 0.25) is 0 Å². The first-order valence-corrected chi connectivity index (χ1v) is 10.3. The molecule has 1 N–H and O–H groups in total. The Hall–Kier alpha value is -2.19. The third-order valence-electron chi connectivity index (χ3n) is 5.37. The molecule has 0 unspecified atom stereocenters. The number of hydrogen-bond donors (Lipinski definition) is 1. The zero-order chi connectivity index (χ0) is 18.8. The largest absolute Gasteiger partial charge is 0.459 e. The number of carbonyl (C=O) groups is 2. The third-order valence-corrected chi connectivity index (χ3v) is 6.37. The molecular weight excluding hydrogens is 364 g/mol. The minimum absolute atomic E-state index is 0.0125. The molecule has 0 spiro atoms. The summed E-state index contributed by atoms with van der Waals surface area (Å²) >= 11 is 1.59. The summed E-state index contributed by atoms with van der Waals surface area (Å²) in [5.41, 5.74) is 1.12. The number of piperidine rings is 1. The van der Waals surface area contributed by atoms with Gasteiger partial charge in [-0.25, -0.2) is 4.98 Å². The first kappa shape index (κ1) is 18.2. The van der Waals surface area contributed by atoms with Gasteiger partial charge in [-0.1, -0.05) is 6.92 Å². The lowest BCUT2D eigenvalue weighted by Crippen LogP contribution is -2.41. The van der Waals surface area contributed by atoms with Crippen molar-refractivity contribution in [3.05, 3.63) is 34.7 Å². The summed E-state index contributed by atoms with van der Waals surface area (Å²) in [6, 6.07) is 3.38. The molecule has 0 aromatic carbocycles. The molecule has 4 heterocycles. The molecule has 0 atom stereocenters. The summed E-state index contributed by atoms with van der Waals surface area (Å²) in [5, 5.41) is 3.71. The molecule has 7 nitrogen and oxygen atoms in total. The van der Waals surface area contributed by atoms with E-state index in [2.05, 4.69) is 22.1 Å². The number of aromatic nitrogens is 1. The smallest absolute Gasteiger partial charge is 0.289 e. The van der Waals surface area contributed by atoms with Crippen LogP contribution in [0.3, 0.4) is 0 Å². The Balaban J connectivity index is 1.31. The van der Waals surface area contributed by atoms with Gasteiger partial charge in [-0.15, -0.1) is 11.3 Å². The van der Waals surface area contributed by atoms with Gasteiger partial charge in [-0.2, -0.15) is 0 Å². The maximum atomic E-state index is 12.6. The molecule has 0 aliphatic carbocycles. The van der Waals surface area contributed by atoms with E-state index in [1.807, 2.05) is 0 Å². The van der Waals surface area contributed by atoms with Crippen LogP contribution in [0.4, 0.5) is 5.13 Å².